The van der Waals surface area contributed by atoms with Crippen LogP contribution in [0.3, 0.4) is 0 Å². The summed E-state index contributed by atoms with van der Waals surface area (Å²) in [7, 11) is 0. The average Bonchev–Trinajstić information content (AvgIpc) is 3.21. The van der Waals surface area contributed by atoms with Crippen molar-refractivity contribution in [1.82, 2.24) is 9.55 Å². The fraction of sp³-hybridized carbons (Fsp3) is 0.367. The van der Waals surface area contributed by atoms with Crippen molar-refractivity contribution in [3.05, 3.63) is 66.2 Å². The molecule has 9 nitrogen and oxygen atoms in total. The molecule has 10 heteroatoms. The zero-order valence-corrected chi connectivity index (χ0v) is 23.3. The molecule has 1 aromatic heterocycles. The van der Waals surface area contributed by atoms with Crippen molar-refractivity contribution >= 4 is 23.9 Å². The van der Waals surface area contributed by atoms with E-state index in [0.717, 1.165) is 0 Å². The molecule has 0 saturated heterocycles. The van der Waals surface area contributed by atoms with Crippen LogP contribution in [0.1, 0.15) is 59.2 Å². The van der Waals surface area contributed by atoms with Gasteiger partial charge in [0.05, 0.1) is 30.0 Å². The van der Waals surface area contributed by atoms with Crippen LogP contribution >= 0.6 is 0 Å². The zero-order chi connectivity index (χ0) is 29.6. The predicted octanol–water partition coefficient (Wildman–Crippen LogP) is 5.88. The number of amides is 1. The molecule has 3 rings (SSSR count). The minimum Gasteiger partial charge on any atom is -0.481 e. The molecular weight excluding hydrogens is 517 g/mol. The van der Waals surface area contributed by atoms with Crippen molar-refractivity contribution in [3.8, 4) is 22.5 Å². The highest BCUT2D eigenvalue weighted by molar-refractivity contribution is 5.88. The summed E-state index contributed by atoms with van der Waals surface area (Å²) in [4.78, 5) is 28.2. The summed E-state index contributed by atoms with van der Waals surface area (Å²) in [5.41, 5.74) is 2.33. The number of hydrogen-bond donors (Lipinski definition) is 4. The van der Waals surface area contributed by atoms with Crippen LogP contribution in [0, 0.1) is 5.82 Å². The van der Waals surface area contributed by atoms with Gasteiger partial charge in [-0.1, -0.05) is 26.0 Å². The highest BCUT2D eigenvalue weighted by Gasteiger charge is 2.22. The Labute approximate surface area is 233 Å². The van der Waals surface area contributed by atoms with Gasteiger partial charge in [0.15, 0.2) is 0 Å². The van der Waals surface area contributed by atoms with E-state index in [1.165, 1.54) is 18.2 Å². The molecule has 0 aliphatic carbocycles. The number of aromatic nitrogens is 2. The number of benzene rings is 2. The molecule has 3 aromatic rings. The van der Waals surface area contributed by atoms with Crippen molar-refractivity contribution < 1.29 is 34.0 Å². The fourth-order valence-corrected chi connectivity index (χ4v) is 4.09. The lowest BCUT2D eigenvalue weighted by Gasteiger charge is -2.20. The summed E-state index contributed by atoms with van der Waals surface area (Å²) in [5.74, 6) is -0.962. The first-order valence-electron chi connectivity index (χ1n) is 13.0. The van der Waals surface area contributed by atoms with Crippen LogP contribution in [0.5, 0.6) is 0 Å². The van der Waals surface area contributed by atoms with Crippen molar-refractivity contribution in [2.24, 2.45) is 0 Å². The number of aliphatic carboxylic acids is 1. The molecule has 0 spiro atoms. The maximum atomic E-state index is 13.7. The van der Waals surface area contributed by atoms with Gasteiger partial charge in [-0.2, -0.15) is 0 Å². The highest BCUT2D eigenvalue weighted by atomic mass is 19.1. The molecule has 214 valence electrons. The molecule has 0 bridgehead atoms. The van der Waals surface area contributed by atoms with E-state index in [2.05, 4.69) is 5.32 Å². The number of carbonyl (C=O) groups excluding carboxylic acids is 1. The topological polar surface area (TPSA) is 134 Å². The van der Waals surface area contributed by atoms with E-state index in [4.69, 9.17) is 14.8 Å². The third-order valence-corrected chi connectivity index (χ3v) is 5.73. The third-order valence-electron chi connectivity index (χ3n) is 5.73. The number of aliphatic hydroxyl groups excluding tert-OH is 2. The maximum Gasteiger partial charge on any atom is 0.412 e. The number of hydrogen-bond acceptors (Lipinski definition) is 6. The second-order valence-corrected chi connectivity index (χ2v) is 10.8. The number of carboxylic acid groups (broad SMARTS) is 1. The maximum absolute atomic E-state index is 13.7. The monoisotopic (exact) mass is 553 g/mol. The van der Waals surface area contributed by atoms with Crippen molar-refractivity contribution in [3.63, 3.8) is 0 Å². The lowest BCUT2D eigenvalue weighted by molar-refractivity contribution is -0.139. The Morgan fingerprint density at radius 1 is 1.10 bits per heavy atom. The minimum atomic E-state index is -1.21. The number of carbonyl (C=O) groups is 2. The Hall–Kier alpha value is -4.02. The van der Waals surface area contributed by atoms with Gasteiger partial charge in [-0.3, -0.25) is 10.1 Å². The summed E-state index contributed by atoms with van der Waals surface area (Å²) < 4.78 is 20.9. The Kier molecular flexibility index (Phi) is 9.83. The first-order valence-corrected chi connectivity index (χ1v) is 13.0. The van der Waals surface area contributed by atoms with Gasteiger partial charge >= 0.3 is 12.1 Å². The summed E-state index contributed by atoms with van der Waals surface area (Å²) in [6, 6.07) is 13.0. The van der Waals surface area contributed by atoms with Crippen LogP contribution in [-0.4, -0.2) is 54.7 Å². The van der Waals surface area contributed by atoms with E-state index < -0.39 is 36.3 Å². The molecule has 0 saturated carbocycles. The molecule has 4 N–H and O–H groups in total. The first-order chi connectivity index (χ1) is 18.7. The van der Waals surface area contributed by atoms with Gasteiger partial charge in [-0.25, -0.2) is 14.2 Å². The van der Waals surface area contributed by atoms with Crippen LogP contribution < -0.4 is 5.32 Å². The van der Waals surface area contributed by atoms with Crippen LogP contribution in [0.4, 0.5) is 14.9 Å². The predicted molar refractivity (Wildman–Crippen MR) is 151 cm³/mol. The van der Waals surface area contributed by atoms with Gasteiger partial charge < -0.3 is 24.6 Å². The smallest absolute Gasteiger partial charge is 0.412 e. The molecule has 2 atom stereocenters. The van der Waals surface area contributed by atoms with Gasteiger partial charge in [0.1, 0.15) is 17.2 Å². The second kappa shape index (κ2) is 12.9. The first kappa shape index (κ1) is 30.5. The van der Waals surface area contributed by atoms with E-state index >= 15 is 0 Å². The van der Waals surface area contributed by atoms with Gasteiger partial charge in [0, 0.05) is 35.4 Å². The summed E-state index contributed by atoms with van der Waals surface area (Å²) in [6.07, 6.45) is -0.513. The van der Waals surface area contributed by atoms with Crippen molar-refractivity contribution in [2.75, 3.05) is 5.32 Å². The van der Waals surface area contributed by atoms with E-state index in [1.54, 1.807) is 61.9 Å². The van der Waals surface area contributed by atoms with Crippen LogP contribution in [-0.2, 0) is 9.53 Å². The molecule has 0 radical (unpaired) electrons. The minimum absolute atomic E-state index is 0.0598. The number of ether oxygens (including phenoxy) is 1. The number of nitrogens with zero attached hydrogens (tertiary/aromatic N) is 2. The summed E-state index contributed by atoms with van der Waals surface area (Å²) >= 11 is 0. The van der Waals surface area contributed by atoms with Crippen molar-refractivity contribution in [1.29, 1.82) is 0 Å². The van der Waals surface area contributed by atoms with Gasteiger partial charge in [0.2, 0.25) is 0 Å². The zero-order valence-electron chi connectivity index (χ0n) is 23.3. The second-order valence-electron chi connectivity index (χ2n) is 10.8. The average molecular weight is 554 g/mol. The molecule has 40 heavy (non-hydrogen) atoms. The fourth-order valence-electron chi connectivity index (χ4n) is 4.09. The molecule has 1 amide bonds. The molecule has 2 unspecified atom stereocenters. The Balaban J connectivity index is 2.11. The Morgan fingerprint density at radius 3 is 2.38 bits per heavy atom. The Morgan fingerprint density at radius 2 is 1.77 bits per heavy atom. The summed E-state index contributed by atoms with van der Waals surface area (Å²) in [5, 5.41) is 32.1. The van der Waals surface area contributed by atoms with E-state index in [-0.39, 0.29) is 18.2 Å². The van der Waals surface area contributed by atoms with Crippen LogP contribution in [0.15, 0.2) is 54.6 Å². The molecule has 0 aliphatic heterocycles. The highest BCUT2D eigenvalue weighted by Crippen LogP contribution is 2.36. The summed E-state index contributed by atoms with van der Waals surface area (Å²) in [6.45, 7) is 9.22. The van der Waals surface area contributed by atoms with E-state index in [9.17, 15) is 24.2 Å². The lowest BCUT2D eigenvalue weighted by Crippen LogP contribution is -2.27. The number of nitrogens with one attached hydrogen (secondary N) is 1. The van der Waals surface area contributed by atoms with Crippen LogP contribution in [0.25, 0.3) is 28.7 Å². The van der Waals surface area contributed by atoms with Gasteiger partial charge in [0.25, 0.3) is 0 Å². The number of rotatable bonds is 10. The van der Waals surface area contributed by atoms with E-state index in [0.29, 0.717) is 34.0 Å². The number of halogens is 1. The molecular formula is C30H36FN3O6. The quantitative estimate of drug-likeness (QED) is 0.246. The van der Waals surface area contributed by atoms with Gasteiger partial charge in [-0.05, 0) is 63.2 Å². The molecule has 0 aliphatic rings. The number of aliphatic hydroxyl groups is 2. The molecule has 2 aromatic carbocycles. The van der Waals surface area contributed by atoms with Crippen molar-refractivity contribution in [2.45, 2.75) is 71.2 Å². The third kappa shape index (κ3) is 8.49. The Bertz CT molecular complexity index is 1360. The number of carboxylic acids is 1. The van der Waals surface area contributed by atoms with E-state index in [1.807, 2.05) is 19.9 Å². The SMILES string of the molecule is CC(C)c1nc(-c2ccc(F)cc2)c(-c2cccc(NC(=O)OC(C)(C)C)c2)n1/C=C/C(O)CC(O)CC(=O)O. The number of anilines is 1. The largest absolute Gasteiger partial charge is 0.481 e. The molecule has 1 heterocycles. The standard InChI is InChI=1S/C30H36FN3O6/c1-18(2)28-33-26(19-9-11-21(31)12-10-19)27(34(28)14-13-23(35)16-24(36)17-25(37)38)20-7-6-8-22(15-20)32-29(39)40-30(3,4)5/h6-15,18,23-24,35-36H,16-17H2,1-5H3,(H,32,39)(H,37,38)/b14-13+. The number of imidazole rings is 1. The molecule has 0 fully saturated rings. The van der Waals surface area contributed by atoms with Gasteiger partial charge in [-0.15, -0.1) is 0 Å². The lowest BCUT2D eigenvalue weighted by atomic mass is 10.0. The van der Waals surface area contributed by atoms with Crippen LogP contribution in [0.2, 0.25) is 0 Å². The normalized spacial score (nSPS) is 13.4.